The van der Waals surface area contributed by atoms with Crippen LogP contribution in [0.3, 0.4) is 0 Å². The van der Waals surface area contributed by atoms with Gasteiger partial charge in [-0.2, -0.15) is 15.8 Å². The Kier molecular flexibility index (Phi) is 16.8. The highest BCUT2D eigenvalue weighted by Crippen LogP contribution is 2.45. The maximum Gasteiger partial charge on any atom is 0.164 e. The van der Waals surface area contributed by atoms with Crippen molar-refractivity contribution < 1.29 is 8.78 Å². The van der Waals surface area contributed by atoms with Crippen molar-refractivity contribution in [3.8, 4) is 165 Å². The largest absolute Gasteiger partial charge is 0.309 e. The molecule has 0 N–H and O–H groups in total. The second-order valence-electron chi connectivity index (χ2n) is 27.3. The van der Waals surface area contributed by atoms with Crippen molar-refractivity contribution in [3.05, 3.63) is 374 Å². The summed E-state index contributed by atoms with van der Waals surface area (Å²) >= 11 is 0. The number of fused-ring (bicyclic) bond motifs is 6. The van der Waals surface area contributed by atoms with Crippen LogP contribution in [0.25, 0.3) is 190 Å². The number of hydrogen-bond donors (Lipinski definition) is 0. The van der Waals surface area contributed by atoms with Crippen molar-refractivity contribution in [1.29, 1.82) is 15.8 Å². The number of aromatic nitrogens is 8. The van der Waals surface area contributed by atoms with Gasteiger partial charge in [0.15, 0.2) is 34.9 Å². The number of halogens is 2. The summed E-state index contributed by atoms with van der Waals surface area (Å²) in [5, 5.41) is 35.7. The average molecular weight is 1440 g/mol. The van der Waals surface area contributed by atoms with E-state index in [1.54, 1.807) is 30.3 Å². The molecule has 0 saturated carbocycles. The Morgan fingerprint density at radius 1 is 0.214 bits per heavy atom. The monoisotopic (exact) mass is 1440 g/mol. The van der Waals surface area contributed by atoms with Crippen LogP contribution in [0.1, 0.15) is 16.7 Å². The van der Waals surface area contributed by atoms with Crippen LogP contribution >= 0.6 is 0 Å². The van der Waals surface area contributed by atoms with Crippen LogP contribution in [-0.2, 0) is 0 Å². The molecular formula is C99H57F2N11. The van der Waals surface area contributed by atoms with Gasteiger partial charge in [0.2, 0.25) is 0 Å². The van der Waals surface area contributed by atoms with Crippen LogP contribution < -0.4 is 0 Å². The number of hydrogen-bond acceptors (Lipinski definition) is 9. The lowest BCUT2D eigenvalue weighted by molar-refractivity contribution is 0.631. The Labute approximate surface area is 642 Å². The highest BCUT2D eigenvalue weighted by Gasteiger charge is 2.26. The molecule has 4 heterocycles. The lowest BCUT2D eigenvalue weighted by atomic mass is 9.94. The maximum atomic E-state index is 16.5. The minimum Gasteiger partial charge on any atom is -0.309 e. The molecular weight excluding hydrogens is 1380 g/mol. The molecule has 0 aliphatic carbocycles. The van der Waals surface area contributed by atoms with E-state index in [0.717, 1.165) is 110 Å². The molecule has 0 aliphatic rings. The van der Waals surface area contributed by atoms with E-state index < -0.39 is 11.6 Å². The summed E-state index contributed by atoms with van der Waals surface area (Å²) in [5.74, 6) is 1.67. The second kappa shape index (κ2) is 28.2. The predicted molar refractivity (Wildman–Crippen MR) is 441 cm³/mol. The molecule has 0 saturated heterocycles. The topological polar surface area (TPSA) is 159 Å². The highest BCUT2D eigenvalue weighted by molar-refractivity contribution is 6.13. The summed E-state index contributed by atoms with van der Waals surface area (Å²) < 4.78 is 37.3. The first-order valence-electron chi connectivity index (χ1n) is 36.4. The first kappa shape index (κ1) is 66.9. The lowest BCUT2D eigenvalue weighted by Crippen LogP contribution is -2.03. The molecule has 0 atom stereocenters. The van der Waals surface area contributed by atoms with Crippen LogP contribution in [0.15, 0.2) is 346 Å². The lowest BCUT2D eigenvalue weighted by Gasteiger charge is -2.16. The Morgan fingerprint density at radius 2 is 0.571 bits per heavy atom. The molecule has 112 heavy (non-hydrogen) atoms. The molecule has 4 aromatic heterocycles. The van der Waals surface area contributed by atoms with Crippen molar-refractivity contribution in [2.75, 3.05) is 0 Å². The quantitative estimate of drug-likeness (QED) is 0.103. The molecule has 0 fully saturated rings. The van der Waals surface area contributed by atoms with Gasteiger partial charge in [0, 0.05) is 77.4 Å². The minimum atomic E-state index is -0.412. The molecule has 0 aliphatic heterocycles. The Hall–Kier alpha value is -15.8. The van der Waals surface area contributed by atoms with Crippen molar-refractivity contribution in [2.24, 2.45) is 0 Å². The summed E-state index contributed by atoms with van der Waals surface area (Å²) in [4.78, 5) is 30.9. The van der Waals surface area contributed by atoms with Gasteiger partial charge in [0.25, 0.3) is 0 Å². The van der Waals surface area contributed by atoms with E-state index >= 15 is 8.78 Å². The average Bonchev–Trinajstić information content (AvgIpc) is 1.58. The van der Waals surface area contributed by atoms with Crippen molar-refractivity contribution in [3.63, 3.8) is 0 Å². The smallest absolute Gasteiger partial charge is 0.164 e. The standard InChI is InChI=1S/C99H57F2N11/c100-88-34-17-15-32-80(88)78-47-41-74(56-86(78)98-107-94(62-21-5-1-6-22-62)105-95(108-98)63-23-7-2-8-24-63)111-90-49-40-68(66-30-19-20-61(50-66)58-102)52-85(90)84-44-37-69(53-91(84)111)67-36-43-77(73(51-67)60-104)71-39-46-83-82-45-38-70(76-31-14-13-29-72(76)59-103)54-92(82)112(93(83)55-71)75-42-48-79(81-33-16-18-35-89(81)101)87(57-75)99-109-96(64-25-9-3-10-26-64)106-97(110-99)65-27-11-4-12-28-65/h1-57H. The van der Waals surface area contributed by atoms with Gasteiger partial charge in [-0.25, -0.2) is 38.7 Å². The van der Waals surface area contributed by atoms with Gasteiger partial charge in [-0.15, -0.1) is 0 Å². The van der Waals surface area contributed by atoms with Crippen molar-refractivity contribution in [1.82, 2.24) is 39.0 Å². The van der Waals surface area contributed by atoms with Crippen LogP contribution in [0.5, 0.6) is 0 Å². The number of benzene rings is 15. The number of nitrogens with zero attached hydrogens (tertiary/aromatic N) is 11. The van der Waals surface area contributed by atoms with Gasteiger partial charge in [-0.3, -0.25) is 0 Å². The summed E-state index contributed by atoms with van der Waals surface area (Å²) in [5.41, 5.74) is 19.0. The van der Waals surface area contributed by atoms with Crippen LogP contribution in [0.4, 0.5) is 8.78 Å². The third kappa shape index (κ3) is 12.1. The van der Waals surface area contributed by atoms with Gasteiger partial charge in [-0.05, 0) is 147 Å². The Morgan fingerprint density at radius 3 is 1.05 bits per heavy atom. The van der Waals surface area contributed by atoms with E-state index in [4.69, 9.17) is 29.9 Å². The molecule has 13 heteroatoms. The highest BCUT2D eigenvalue weighted by atomic mass is 19.1. The van der Waals surface area contributed by atoms with E-state index in [0.29, 0.717) is 96.3 Å². The summed E-state index contributed by atoms with van der Waals surface area (Å²) in [6.45, 7) is 0. The van der Waals surface area contributed by atoms with Gasteiger partial charge >= 0.3 is 0 Å². The molecule has 0 amide bonds. The van der Waals surface area contributed by atoms with Gasteiger partial charge in [0.05, 0.1) is 57.0 Å². The van der Waals surface area contributed by atoms with Crippen LogP contribution in [0.2, 0.25) is 0 Å². The molecule has 0 unspecified atom stereocenters. The minimum absolute atomic E-state index is 0.335. The first-order chi connectivity index (χ1) is 55.2. The SMILES string of the molecule is N#Cc1cccc(-c2ccc3c(c2)c2ccc(-c4ccc(-c5ccc6c7ccc(-c8ccccc8C#N)cc7n(-c7ccc(-c8ccccc8F)c(-c8nc(-c9ccccc9)nc(-c9ccccc9)n8)c7)c6c5)c(C#N)c4)cc2n3-c2ccc(-c3ccccc3F)c(-c3nc(-c4ccccc4)nc(-c4ccccc4)n3)c2)c1. The van der Waals surface area contributed by atoms with Gasteiger partial charge < -0.3 is 9.13 Å². The molecule has 0 bridgehead atoms. The molecule has 11 nitrogen and oxygen atoms in total. The van der Waals surface area contributed by atoms with Gasteiger partial charge in [-0.1, -0.05) is 255 Å². The first-order valence-corrected chi connectivity index (χ1v) is 36.4. The Bertz CT molecular complexity index is 7020. The fraction of sp³-hybridized carbons (Fsp3) is 0. The Balaban J connectivity index is 0.788. The molecule has 15 aromatic carbocycles. The summed E-state index contributed by atoms with van der Waals surface area (Å²) in [7, 11) is 0. The molecule has 0 radical (unpaired) electrons. The molecule has 19 aromatic rings. The summed E-state index contributed by atoms with van der Waals surface area (Å²) in [6, 6.07) is 118. The van der Waals surface area contributed by atoms with Crippen molar-refractivity contribution >= 4 is 43.6 Å². The summed E-state index contributed by atoms with van der Waals surface area (Å²) in [6.07, 6.45) is 0. The zero-order valence-electron chi connectivity index (χ0n) is 59.6. The zero-order chi connectivity index (χ0) is 75.3. The van der Waals surface area contributed by atoms with Crippen molar-refractivity contribution in [2.45, 2.75) is 0 Å². The van der Waals surface area contributed by atoms with E-state index in [9.17, 15) is 15.8 Å². The zero-order valence-corrected chi connectivity index (χ0v) is 59.6. The normalized spacial score (nSPS) is 11.3. The fourth-order valence-corrected chi connectivity index (χ4v) is 15.4. The van der Waals surface area contributed by atoms with Gasteiger partial charge in [0.1, 0.15) is 11.6 Å². The van der Waals surface area contributed by atoms with E-state index in [2.05, 4.69) is 100 Å². The fourth-order valence-electron chi connectivity index (χ4n) is 15.4. The second-order valence-corrected chi connectivity index (χ2v) is 27.3. The van der Waals surface area contributed by atoms with E-state index in [-0.39, 0.29) is 0 Å². The third-order valence-corrected chi connectivity index (χ3v) is 20.7. The molecule has 0 spiro atoms. The van der Waals surface area contributed by atoms with E-state index in [1.165, 1.54) is 12.1 Å². The van der Waals surface area contributed by atoms with Crippen LogP contribution in [-0.4, -0.2) is 39.0 Å². The van der Waals surface area contributed by atoms with E-state index in [1.807, 2.05) is 231 Å². The third-order valence-electron chi connectivity index (χ3n) is 20.7. The maximum absolute atomic E-state index is 16.5. The predicted octanol–water partition coefficient (Wildman–Crippen LogP) is 24.1. The molecule has 522 valence electrons. The number of nitriles is 3. The molecule has 19 rings (SSSR count). The number of rotatable bonds is 14. The van der Waals surface area contributed by atoms with Crippen LogP contribution in [0, 0.1) is 45.6 Å².